The second-order valence-electron chi connectivity index (χ2n) is 5.49. The number of hydrogen-bond donors (Lipinski definition) is 0. The van der Waals surface area contributed by atoms with E-state index in [0.717, 1.165) is 10.1 Å². The van der Waals surface area contributed by atoms with Gasteiger partial charge < -0.3 is 4.74 Å². The molecule has 0 unspecified atom stereocenters. The summed E-state index contributed by atoms with van der Waals surface area (Å²) >= 11 is 0. The lowest BCUT2D eigenvalue weighted by atomic mass is 10.1. The van der Waals surface area contributed by atoms with Gasteiger partial charge in [-0.15, -0.1) is 0 Å². The first-order valence-electron chi connectivity index (χ1n) is 7.36. The lowest BCUT2D eigenvalue weighted by Crippen LogP contribution is -2.38. The third-order valence-electron chi connectivity index (χ3n) is 4.05. The number of para-hydroxylation sites is 1. The summed E-state index contributed by atoms with van der Waals surface area (Å²) in [5, 5.41) is 0.355. The Morgan fingerprint density at radius 1 is 1.08 bits per heavy atom. The van der Waals surface area contributed by atoms with Crippen molar-refractivity contribution < 1.29 is 9.53 Å². The Hall–Kier alpha value is -3.15. The number of hydrogen-bond acceptors (Lipinski definition) is 4. The maximum atomic E-state index is 12.8. The molecule has 1 heterocycles. The van der Waals surface area contributed by atoms with Gasteiger partial charge in [-0.1, -0.05) is 18.2 Å². The van der Waals surface area contributed by atoms with Crippen molar-refractivity contribution >= 4 is 16.9 Å². The highest BCUT2D eigenvalue weighted by Crippen LogP contribution is 2.14. The molecule has 0 fully saturated rings. The van der Waals surface area contributed by atoms with Crippen molar-refractivity contribution in [2.24, 2.45) is 7.05 Å². The molecule has 3 rings (SSSR count). The summed E-state index contributed by atoms with van der Waals surface area (Å²) < 4.78 is 7.19. The van der Waals surface area contributed by atoms with Crippen LogP contribution in [0.15, 0.2) is 52.1 Å². The first kappa shape index (κ1) is 15.7. The van der Waals surface area contributed by atoms with E-state index >= 15 is 0 Å². The van der Waals surface area contributed by atoms with Crippen LogP contribution in [0, 0.1) is 6.92 Å². The molecule has 122 valence electrons. The molecule has 0 saturated heterocycles. The fraction of sp³-hybridized carbons (Fsp3) is 0.167. The molecule has 0 radical (unpaired) electrons. The third-order valence-corrected chi connectivity index (χ3v) is 4.05. The van der Waals surface area contributed by atoms with Crippen LogP contribution in [0.5, 0.6) is 0 Å². The van der Waals surface area contributed by atoms with Crippen LogP contribution < -0.4 is 11.2 Å². The standard InChI is InChI=1S/C18H16N2O4/c1-11-6-4-5-7-14(11)20-16(21)13-9-8-12(17(22)24-3)10-15(13)19(2)18(20)23/h4-10H,1-3H3. The van der Waals surface area contributed by atoms with E-state index in [1.165, 1.54) is 29.9 Å². The molecule has 0 N–H and O–H groups in total. The molecule has 6 heteroatoms. The Morgan fingerprint density at radius 2 is 1.79 bits per heavy atom. The molecule has 0 saturated carbocycles. The molecule has 0 amide bonds. The Bertz CT molecular complexity index is 1080. The molecule has 0 aliphatic heterocycles. The minimum Gasteiger partial charge on any atom is -0.465 e. The summed E-state index contributed by atoms with van der Waals surface area (Å²) in [6.07, 6.45) is 0. The van der Waals surface area contributed by atoms with E-state index in [-0.39, 0.29) is 5.56 Å². The first-order chi connectivity index (χ1) is 11.5. The zero-order chi connectivity index (χ0) is 17.4. The van der Waals surface area contributed by atoms with Gasteiger partial charge in [0.1, 0.15) is 0 Å². The van der Waals surface area contributed by atoms with Crippen molar-refractivity contribution in [3.05, 3.63) is 74.4 Å². The predicted octanol–water partition coefficient (Wildman–Crippen LogP) is 1.78. The van der Waals surface area contributed by atoms with Gasteiger partial charge in [0, 0.05) is 7.05 Å². The number of methoxy groups -OCH3 is 1. The number of aryl methyl sites for hydroxylation is 2. The van der Waals surface area contributed by atoms with Crippen molar-refractivity contribution in [2.75, 3.05) is 7.11 Å². The van der Waals surface area contributed by atoms with Gasteiger partial charge in [-0.2, -0.15) is 0 Å². The van der Waals surface area contributed by atoms with E-state index in [9.17, 15) is 14.4 Å². The number of benzene rings is 2. The average molecular weight is 324 g/mol. The lowest BCUT2D eigenvalue weighted by Gasteiger charge is -2.13. The molecule has 6 nitrogen and oxygen atoms in total. The minimum atomic E-state index is -0.521. The molecule has 3 aromatic rings. The first-order valence-corrected chi connectivity index (χ1v) is 7.36. The molecule has 0 bridgehead atoms. The van der Waals surface area contributed by atoms with Crippen molar-refractivity contribution in [1.82, 2.24) is 9.13 Å². The van der Waals surface area contributed by atoms with Gasteiger partial charge >= 0.3 is 11.7 Å². The topological polar surface area (TPSA) is 70.3 Å². The Labute approximate surface area is 137 Å². The van der Waals surface area contributed by atoms with Crippen LogP contribution in [-0.2, 0) is 11.8 Å². The summed E-state index contributed by atoms with van der Waals surface area (Å²) in [4.78, 5) is 37.2. The van der Waals surface area contributed by atoms with Crippen LogP contribution in [0.2, 0.25) is 0 Å². The summed E-state index contributed by atoms with van der Waals surface area (Å²) in [5.74, 6) is -0.521. The molecule has 24 heavy (non-hydrogen) atoms. The molecular formula is C18H16N2O4. The summed E-state index contributed by atoms with van der Waals surface area (Å²) in [7, 11) is 2.85. The quantitative estimate of drug-likeness (QED) is 0.674. The SMILES string of the molecule is COC(=O)c1ccc2c(=O)n(-c3ccccc3C)c(=O)n(C)c2c1. The molecule has 0 aliphatic rings. The van der Waals surface area contributed by atoms with Crippen LogP contribution in [-0.4, -0.2) is 22.2 Å². The second-order valence-corrected chi connectivity index (χ2v) is 5.49. The van der Waals surface area contributed by atoms with E-state index < -0.39 is 17.2 Å². The maximum Gasteiger partial charge on any atom is 0.337 e. The van der Waals surface area contributed by atoms with Crippen LogP contribution in [0.3, 0.4) is 0 Å². The van der Waals surface area contributed by atoms with Gasteiger partial charge in [0.2, 0.25) is 0 Å². The number of fused-ring (bicyclic) bond motifs is 1. The van der Waals surface area contributed by atoms with Gasteiger partial charge in [-0.3, -0.25) is 9.36 Å². The Kier molecular flexibility index (Phi) is 3.81. The van der Waals surface area contributed by atoms with Crippen LogP contribution in [0.25, 0.3) is 16.6 Å². The predicted molar refractivity (Wildman–Crippen MR) is 90.9 cm³/mol. The number of nitrogens with zero attached hydrogens (tertiary/aromatic N) is 2. The maximum absolute atomic E-state index is 12.8. The van der Waals surface area contributed by atoms with Gasteiger partial charge in [0.05, 0.1) is 29.3 Å². The highest BCUT2D eigenvalue weighted by Gasteiger charge is 2.15. The molecule has 2 aromatic carbocycles. The van der Waals surface area contributed by atoms with Gasteiger partial charge in [0.15, 0.2) is 0 Å². The summed E-state index contributed by atoms with van der Waals surface area (Å²) in [5.41, 5.74) is 1.15. The fourth-order valence-corrected chi connectivity index (χ4v) is 2.72. The molecular weight excluding hydrogens is 308 g/mol. The Balaban J connectivity index is 2.40. The smallest absolute Gasteiger partial charge is 0.337 e. The normalized spacial score (nSPS) is 10.8. The highest BCUT2D eigenvalue weighted by molar-refractivity contribution is 5.94. The molecule has 0 atom stereocenters. The van der Waals surface area contributed by atoms with Crippen molar-refractivity contribution in [1.29, 1.82) is 0 Å². The fourth-order valence-electron chi connectivity index (χ4n) is 2.72. The van der Waals surface area contributed by atoms with E-state index in [1.54, 1.807) is 19.2 Å². The zero-order valence-corrected chi connectivity index (χ0v) is 13.6. The molecule has 0 spiro atoms. The third kappa shape index (κ3) is 2.32. The monoisotopic (exact) mass is 324 g/mol. The van der Waals surface area contributed by atoms with Crippen LogP contribution in [0.4, 0.5) is 0 Å². The summed E-state index contributed by atoms with van der Waals surface area (Å²) in [6.45, 7) is 1.84. The number of rotatable bonds is 2. The van der Waals surface area contributed by atoms with Gasteiger partial charge in [0.25, 0.3) is 5.56 Å². The van der Waals surface area contributed by atoms with Gasteiger partial charge in [-0.05, 0) is 36.8 Å². The van der Waals surface area contributed by atoms with E-state index in [0.29, 0.717) is 16.6 Å². The number of carbonyl (C=O) groups is 1. The van der Waals surface area contributed by atoms with Crippen molar-refractivity contribution in [3.63, 3.8) is 0 Å². The van der Waals surface area contributed by atoms with Gasteiger partial charge in [-0.25, -0.2) is 14.2 Å². The molecule has 0 aliphatic carbocycles. The number of ether oxygens (including phenoxy) is 1. The number of aromatic nitrogens is 2. The average Bonchev–Trinajstić information content (AvgIpc) is 2.60. The van der Waals surface area contributed by atoms with Crippen molar-refractivity contribution in [2.45, 2.75) is 6.92 Å². The second kappa shape index (κ2) is 5.81. The minimum absolute atomic E-state index is 0.285. The number of carbonyl (C=O) groups excluding carboxylic acids is 1. The van der Waals surface area contributed by atoms with E-state index in [1.807, 2.05) is 19.1 Å². The van der Waals surface area contributed by atoms with Crippen LogP contribution in [0.1, 0.15) is 15.9 Å². The highest BCUT2D eigenvalue weighted by atomic mass is 16.5. The lowest BCUT2D eigenvalue weighted by molar-refractivity contribution is 0.0601. The summed E-state index contributed by atoms with van der Waals surface area (Å²) in [6, 6.07) is 11.7. The van der Waals surface area contributed by atoms with Crippen molar-refractivity contribution in [3.8, 4) is 5.69 Å². The van der Waals surface area contributed by atoms with E-state index in [4.69, 9.17) is 0 Å². The molecule has 1 aromatic heterocycles. The van der Waals surface area contributed by atoms with E-state index in [2.05, 4.69) is 4.74 Å². The number of esters is 1. The zero-order valence-electron chi connectivity index (χ0n) is 13.6. The largest absolute Gasteiger partial charge is 0.465 e. The Morgan fingerprint density at radius 3 is 2.46 bits per heavy atom. The van der Waals surface area contributed by atoms with Crippen LogP contribution >= 0.6 is 0 Å².